The van der Waals surface area contributed by atoms with Crippen LogP contribution in [0.5, 0.6) is 5.75 Å². The highest BCUT2D eigenvalue weighted by atomic mass is 35.5. The van der Waals surface area contributed by atoms with Crippen LogP contribution in [0.3, 0.4) is 0 Å². The zero-order valence-electron chi connectivity index (χ0n) is 18.5. The van der Waals surface area contributed by atoms with Gasteiger partial charge in [0.1, 0.15) is 17.1 Å². The van der Waals surface area contributed by atoms with Crippen LogP contribution in [0, 0.1) is 5.92 Å². The molecule has 3 aliphatic rings. The van der Waals surface area contributed by atoms with E-state index in [0.29, 0.717) is 33.8 Å². The Morgan fingerprint density at radius 1 is 1.03 bits per heavy atom. The van der Waals surface area contributed by atoms with Crippen molar-refractivity contribution in [3.05, 3.63) is 74.4 Å². The number of fused-ring (bicyclic) bond motifs is 2. The average molecular weight is 496 g/mol. The van der Waals surface area contributed by atoms with Gasteiger partial charge in [-0.1, -0.05) is 55.1 Å². The van der Waals surface area contributed by atoms with E-state index in [1.54, 1.807) is 24.3 Å². The minimum absolute atomic E-state index is 0.0748. The topological polar surface area (TPSA) is 79.5 Å². The summed E-state index contributed by atoms with van der Waals surface area (Å²) in [6.07, 6.45) is 4.49. The van der Waals surface area contributed by atoms with Crippen molar-refractivity contribution in [1.82, 2.24) is 5.32 Å². The first-order valence-electron chi connectivity index (χ1n) is 11.3. The molecular formula is C27H23Cl2NO4. The van der Waals surface area contributed by atoms with E-state index in [9.17, 15) is 14.7 Å². The fraction of sp³-hybridized carbons (Fsp3) is 0.259. The molecule has 0 spiro atoms. The largest absolute Gasteiger partial charge is 0.506 e. The van der Waals surface area contributed by atoms with E-state index in [4.69, 9.17) is 27.6 Å². The number of rotatable bonds is 3. The number of amides is 1. The minimum atomic E-state index is -0.356. The number of carbonyl (C=O) groups excluding carboxylic acids is 1. The maximum absolute atomic E-state index is 12.9. The summed E-state index contributed by atoms with van der Waals surface area (Å²) in [6, 6.07) is 13.4. The summed E-state index contributed by atoms with van der Waals surface area (Å²) in [4.78, 5) is 25.0. The molecule has 7 heteroatoms. The van der Waals surface area contributed by atoms with Gasteiger partial charge in [-0.3, -0.25) is 9.59 Å². The zero-order chi connectivity index (χ0) is 24.0. The molecular weight excluding hydrogens is 473 g/mol. The third-order valence-corrected chi connectivity index (χ3v) is 7.30. The lowest BCUT2D eigenvalue weighted by Gasteiger charge is -2.29. The second-order valence-electron chi connectivity index (χ2n) is 8.97. The lowest BCUT2D eigenvalue weighted by molar-refractivity contribution is 0.0910. The van der Waals surface area contributed by atoms with Crippen LogP contribution >= 0.6 is 23.2 Å². The van der Waals surface area contributed by atoms with Crippen molar-refractivity contribution in [2.45, 2.75) is 38.6 Å². The molecule has 2 aromatic carbocycles. The number of hydrogen-bond acceptors (Lipinski definition) is 4. The first-order chi connectivity index (χ1) is 16.3. The minimum Gasteiger partial charge on any atom is -0.506 e. The molecule has 2 aliphatic carbocycles. The van der Waals surface area contributed by atoms with Gasteiger partial charge >= 0.3 is 0 Å². The lowest BCUT2D eigenvalue weighted by atomic mass is 9.86. The molecule has 174 valence electrons. The molecule has 1 amide bonds. The second kappa shape index (κ2) is 8.97. The highest BCUT2D eigenvalue weighted by Gasteiger charge is 2.24. The first kappa shape index (κ1) is 22.8. The Morgan fingerprint density at radius 3 is 2.50 bits per heavy atom. The quantitative estimate of drug-likeness (QED) is 0.303. The van der Waals surface area contributed by atoms with Crippen molar-refractivity contribution in [2.75, 3.05) is 0 Å². The molecule has 0 aromatic heterocycles. The third kappa shape index (κ3) is 4.15. The van der Waals surface area contributed by atoms with Crippen LogP contribution in [0.1, 0.15) is 43.0 Å². The number of hydrogen-bond donors (Lipinski definition) is 2. The second-order valence-corrected chi connectivity index (χ2v) is 9.79. The zero-order valence-corrected chi connectivity index (χ0v) is 20.0. The molecule has 2 aromatic rings. The molecule has 5 rings (SSSR count). The van der Waals surface area contributed by atoms with E-state index in [1.807, 2.05) is 12.1 Å². The van der Waals surface area contributed by atoms with E-state index < -0.39 is 0 Å². The Hall–Kier alpha value is -3.02. The van der Waals surface area contributed by atoms with Crippen LogP contribution in [-0.4, -0.2) is 17.1 Å². The van der Waals surface area contributed by atoms with Crippen LogP contribution < -0.4 is 10.7 Å². The maximum atomic E-state index is 12.9. The van der Waals surface area contributed by atoms with Gasteiger partial charge < -0.3 is 14.8 Å². The lowest BCUT2D eigenvalue weighted by Crippen LogP contribution is -2.41. The molecule has 1 saturated carbocycles. The Kier molecular flexibility index (Phi) is 6.00. The summed E-state index contributed by atoms with van der Waals surface area (Å²) in [5.74, 6) is 0.602. The van der Waals surface area contributed by atoms with Crippen LogP contribution in [-0.2, 0) is 0 Å². The van der Waals surface area contributed by atoms with E-state index in [0.717, 1.165) is 30.4 Å². The molecule has 2 atom stereocenters. The molecule has 2 unspecified atom stereocenters. The molecule has 2 N–H and O–H groups in total. The van der Waals surface area contributed by atoms with Gasteiger partial charge in [0.15, 0.2) is 0 Å². The summed E-state index contributed by atoms with van der Waals surface area (Å²) in [6.45, 7) is 2.19. The van der Waals surface area contributed by atoms with Crippen molar-refractivity contribution < 1.29 is 14.3 Å². The third-order valence-electron chi connectivity index (χ3n) is 6.71. The maximum Gasteiger partial charge on any atom is 0.251 e. The number of carbonyl (C=O) groups is 1. The molecule has 0 saturated heterocycles. The van der Waals surface area contributed by atoms with Gasteiger partial charge in [0.2, 0.25) is 5.43 Å². The van der Waals surface area contributed by atoms with Crippen molar-refractivity contribution in [3.63, 3.8) is 0 Å². The fourth-order valence-corrected chi connectivity index (χ4v) is 5.11. The molecule has 34 heavy (non-hydrogen) atoms. The summed E-state index contributed by atoms with van der Waals surface area (Å²) in [7, 11) is 0. The van der Waals surface area contributed by atoms with Gasteiger partial charge in [-0.05, 0) is 48.6 Å². The summed E-state index contributed by atoms with van der Waals surface area (Å²) >= 11 is 12.4. The summed E-state index contributed by atoms with van der Waals surface area (Å²) < 4.78 is 5.90. The van der Waals surface area contributed by atoms with Crippen molar-refractivity contribution in [3.8, 4) is 28.2 Å². The number of phenols is 1. The smallest absolute Gasteiger partial charge is 0.251 e. The van der Waals surface area contributed by atoms with Gasteiger partial charge in [0.25, 0.3) is 5.91 Å². The van der Waals surface area contributed by atoms with Crippen LogP contribution in [0.2, 0.25) is 10.0 Å². The molecule has 1 aliphatic heterocycles. The fourth-order valence-electron chi connectivity index (χ4n) is 4.78. The Balaban J connectivity index is 1.59. The highest BCUT2D eigenvalue weighted by molar-refractivity contribution is 6.33. The van der Waals surface area contributed by atoms with Crippen molar-refractivity contribution >= 4 is 40.1 Å². The number of nitrogens with one attached hydrogen (secondary N) is 1. The van der Waals surface area contributed by atoms with E-state index in [-0.39, 0.29) is 33.2 Å². The van der Waals surface area contributed by atoms with Crippen LogP contribution in [0.4, 0.5) is 0 Å². The standard InChI is InChI=1S/C27H23Cl2NO4/c1-14-4-2-3-5-21(14)30-27(33)16-8-6-15(7-9-16)26-17-10-19(28)22(31)12-24(17)34-25-13-23(32)20(29)11-18(25)26/h6-14,21,31H,2-5H2,1H3,(H,30,33). The molecule has 0 bridgehead atoms. The van der Waals surface area contributed by atoms with Crippen molar-refractivity contribution in [1.29, 1.82) is 0 Å². The van der Waals surface area contributed by atoms with Gasteiger partial charge in [0.05, 0.1) is 10.0 Å². The van der Waals surface area contributed by atoms with Crippen LogP contribution in [0.15, 0.2) is 57.7 Å². The Bertz CT molecular complexity index is 1430. The average Bonchev–Trinajstić information content (AvgIpc) is 2.81. The monoisotopic (exact) mass is 495 g/mol. The first-order valence-corrected chi connectivity index (χ1v) is 12.1. The number of aromatic hydroxyl groups is 1. The Labute approximate surface area is 206 Å². The SMILES string of the molecule is CC1CCCCC1NC(=O)c1ccc(-c2c3cc(Cl)c(=O)cc-3oc3cc(O)c(Cl)cc23)cc1. The number of benzene rings is 3. The van der Waals surface area contributed by atoms with E-state index in [1.165, 1.54) is 18.6 Å². The molecule has 1 fully saturated rings. The molecule has 1 heterocycles. The summed E-state index contributed by atoms with van der Waals surface area (Å²) in [5, 5.41) is 14.2. The normalized spacial score (nSPS) is 18.3. The van der Waals surface area contributed by atoms with Gasteiger partial charge in [-0.2, -0.15) is 0 Å². The predicted octanol–water partition coefficient (Wildman–Crippen LogP) is 6.89. The number of halogens is 2. The van der Waals surface area contributed by atoms with Crippen molar-refractivity contribution in [2.24, 2.45) is 5.92 Å². The van der Waals surface area contributed by atoms with Gasteiger partial charge in [-0.25, -0.2) is 0 Å². The Morgan fingerprint density at radius 2 is 1.76 bits per heavy atom. The van der Waals surface area contributed by atoms with E-state index >= 15 is 0 Å². The highest BCUT2D eigenvalue weighted by Crippen LogP contribution is 2.43. The van der Waals surface area contributed by atoms with Gasteiger partial charge in [0, 0.05) is 40.3 Å². The van der Waals surface area contributed by atoms with Gasteiger partial charge in [-0.15, -0.1) is 0 Å². The summed E-state index contributed by atoms with van der Waals surface area (Å²) in [5.41, 5.74) is 2.76. The van der Waals surface area contributed by atoms with E-state index in [2.05, 4.69) is 12.2 Å². The van der Waals surface area contributed by atoms with Crippen LogP contribution in [0.25, 0.3) is 33.4 Å². The number of phenolic OH excluding ortho intramolecular Hbond substituents is 1. The predicted molar refractivity (Wildman–Crippen MR) is 135 cm³/mol. The molecule has 0 radical (unpaired) electrons. The molecule has 5 nitrogen and oxygen atoms in total.